The molecule has 10 nitrogen and oxygen atoms in total. The Balaban J connectivity index is 0.00000269. The molecule has 0 amide bonds. The van der Waals surface area contributed by atoms with E-state index in [0.717, 1.165) is 66.5 Å². The molecule has 4 aromatic heterocycles. The molecule has 2 aliphatic heterocycles. The van der Waals surface area contributed by atoms with Crippen LogP contribution in [0.2, 0.25) is 0 Å². The minimum absolute atomic E-state index is 0. The Morgan fingerprint density at radius 1 is 0.441 bits per heavy atom. The zero-order valence-corrected chi connectivity index (χ0v) is 40.9. The van der Waals surface area contributed by atoms with E-state index in [9.17, 15) is 0 Å². The SMILES string of the molecule is C[N+]1=C=[N+](c2[c-]c(Oc3[c-]c4c(cc3)c3c(c5ccc(Oc6[c-]c([N+]7=C=[N+](C)C=C7)ccc6)[c-]c5n3-c3cc(-c5ccccc5)ccn3)n4-c3cc(-c4ccccc4)ccn3)ccc2)C=C1.[Pt+2].[Pt+2]. The Morgan fingerprint density at radius 2 is 0.868 bits per heavy atom. The van der Waals surface area contributed by atoms with Crippen LogP contribution in [-0.2, 0) is 42.1 Å². The van der Waals surface area contributed by atoms with Gasteiger partial charge in [0.05, 0.1) is 0 Å². The molecule has 328 valence electrons. The summed E-state index contributed by atoms with van der Waals surface area (Å²) in [5, 5.41) is 1.82. The van der Waals surface area contributed by atoms with Crippen LogP contribution in [0.4, 0.5) is 11.4 Å². The molecule has 0 saturated carbocycles. The summed E-state index contributed by atoms with van der Waals surface area (Å²) < 4.78 is 24.9. The van der Waals surface area contributed by atoms with E-state index < -0.39 is 0 Å². The van der Waals surface area contributed by atoms with Gasteiger partial charge in [-0.05, 0) is 46.5 Å². The topological polar surface area (TPSA) is 66.1 Å². The first-order valence-electron chi connectivity index (χ1n) is 21.3. The quantitative estimate of drug-likeness (QED) is 0.101. The van der Waals surface area contributed by atoms with Gasteiger partial charge in [0.1, 0.15) is 23.0 Å². The third-order valence-corrected chi connectivity index (χ3v) is 11.5. The fourth-order valence-electron chi connectivity index (χ4n) is 8.46. The molecular formula is C56H36N8O2Pt2+4. The van der Waals surface area contributed by atoms with E-state index in [2.05, 4.69) is 93.9 Å². The van der Waals surface area contributed by atoms with E-state index in [0.29, 0.717) is 34.6 Å². The summed E-state index contributed by atoms with van der Waals surface area (Å²) in [4.78, 5) is 10.1. The summed E-state index contributed by atoms with van der Waals surface area (Å²) in [5.74, 6) is 3.54. The summed E-state index contributed by atoms with van der Waals surface area (Å²) >= 11 is 0. The molecule has 6 aromatic carbocycles. The molecular weight excluding hydrogens is 1210 g/mol. The maximum Gasteiger partial charge on any atom is 2.00 e. The van der Waals surface area contributed by atoms with E-state index >= 15 is 0 Å². The Kier molecular flexibility index (Phi) is 12.0. The molecule has 12 heteroatoms. The van der Waals surface area contributed by atoms with Gasteiger partial charge in [-0.25, -0.2) is 9.97 Å². The second-order valence-corrected chi connectivity index (χ2v) is 15.8. The number of nitrogens with zero attached hydrogens (tertiary/aromatic N) is 8. The number of rotatable bonds is 10. The van der Waals surface area contributed by atoms with E-state index in [4.69, 9.17) is 19.4 Å². The number of hydrogen-bond donors (Lipinski definition) is 0. The number of fused-ring (bicyclic) bond motifs is 5. The van der Waals surface area contributed by atoms with Crippen LogP contribution in [-0.4, -0.2) is 63.5 Å². The first-order chi connectivity index (χ1) is 32.5. The normalized spacial score (nSPS) is 12.7. The van der Waals surface area contributed by atoms with Crippen LogP contribution >= 0.6 is 0 Å². The Labute approximate surface area is 420 Å². The Morgan fingerprint density at radius 3 is 1.28 bits per heavy atom. The maximum atomic E-state index is 6.56. The van der Waals surface area contributed by atoms with Crippen LogP contribution in [0.25, 0.3) is 66.7 Å². The number of pyridine rings is 2. The minimum atomic E-state index is 0. The van der Waals surface area contributed by atoms with Crippen molar-refractivity contribution >= 4 is 56.2 Å². The molecule has 0 radical (unpaired) electrons. The molecule has 0 bridgehead atoms. The van der Waals surface area contributed by atoms with Crippen LogP contribution in [0, 0.1) is 24.3 Å². The minimum Gasteiger partial charge on any atom is -0.509 e. The third-order valence-electron chi connectivity index (χ3n) is 11.5. The van der Waals surface area contributed by atoms with Gasteiger partial charge in [-0.2, -0.15) is 24.3 Å². The molecule has 68 heavy (non-hydrogen) atoms. The van der Waals surface area contributed by atoms with Crippen molar-refractivity contribution in [3.8, 4) is 56.9 Å². The van der Waals surface area contributed by atoms with E-state index in [1.165, 1.54) is 0 Å². The third kappa shape index (κ3) is 8.21. The molecule has 10 aromatic rings. The largest absolute Gasteiger partial charge is 2.00 e. The second-order valence-electron chi connectivity index (χ2n) is 15.8. The fraction of sp³-hybridized carbons (Fsp3) is 0.0357. The van der Waals surface area contributed by atoms with Gasteiger partial charge >= 0.3 is 54.1 Å². The smallest absolute Gasteiger partial charge is 0.509 e. The van der Waals surface area contributed by atoms with Crippen molar-refractivity contribution in [2.24, 2.45) is 0 Å². The predicted molar refractivity (Wildman–Crippen MR) is 253 cm³/mol. The molecule has 0 aliphatic carbocycles. The van der Waals surface area contributed by atoms with Gasteiger partial charge in [0.15, 0.2) is 14.1 Å². The van der Waals surface area contributed by atoms with E-state index in [1.807, 2.05) is 167 Å². The molecule has 12 rings (SSSR count). The summed E-state index contributed by atoms with van der Waals surface area (Å²) in [7, 11) is 3.86. The number of ether oxygens (including phenoxy) is 2. The van der Waals surface area contributed by atoms with Gasteiger partial charge in [0.25, 0.3) is 12.4 Å². The van der Waals surface area contributed by atoms with Crippen molar-refractivity contribution in [2.75, 3.05) is 14.1 Å². The van der Waals surface area contributed by atoms with Gasteiger partial charge in [-0.15, -0.1) is 36.4 Å². The summed E-state index contributed by atoms with van der Waals surface area (Å²) in [6.07, 6.45) is 11.4. The zero-order valence-electron chi connectivity index (χ0n) is 36.3. The second kappa shape index (κ2) is 18.5. The first kappa shape index (κ1) is 44.0. The van der Waals surface area contributed by atoms with Crippen molar-refractivity contribution in [1.29, 1.82) is 0 Å². The van der Waals surface area contributed by atoms with Crippen LogP contribution in [0.3, 0.4) is 0 Å². The van der Waals surface area contributed by atoms with Crippen LogP contribution < -0.4 is 9.47 Å². The number of benzene rings is 6. The first-order valence-corrected chi connectivity index (χ1v) is 21.3. The monoisotopic (exact) mass is 1240 g/mol. The zero-order chi connectivity index (χ0) is 44.1. The molecule has 0 unspecified atom stereocenters. The van der Waals surface area contributed by atoms with Gasteiger partial charge < -0.3 is 18.6 Å². The summed E-state index contributed by atoms with van der Waals surface area (Å²) in [5.41, 5.74) is 9.15. The average Bonchev–Trinajstić information content (AvgIpc) is 4.15. The average molecular weight is 1240 g/mol. The number of aromatic nitrogens is 4. The number of hydrogen-bond acceptors (Lipinski definition) is 4. The van der Waals surface area contributed by atoms with E-state index in [-0.39, 0.29) is 42.1 Å². The van der Waals surface area contributed by atoms with Crippen molar-refractivity contribution in [1.82, 2.24) is 19.1 Å². The molecule has 0 saturated heterocycles. The summed E-state index contributed by atoms with van der Waals surface area (Å²) in [6, 6.07) is 69.2. The van der Waals surface area contributed by atoms with Gasteiger partial charge in [0, 0.05) is 46.4 Å². The molecule has 0 atom stereocenters. The van der Waals surface area contributed by atoms with Gasteiger partial charge in [0.2, 0.25) is 12.4 Å². The standard InChI is InChI=1S/C56H36N8O2.2Pt/c1-59-27-29-61(37-59)43-15-9-17-45(33-43)65-47-19-21-49-51(35-47)63(53-31-41(23-25-57-53)39-11-5-3-6-12-39)56-50-22-20-48(66-46-18-10-16-44(34-46)62-30-28-60(2)38-62)36-52(50)64(55(49)56)54-32-42(24-26-58-54)40-13-7-4-8-14-40;;/h3-32H,1-2H3;;/q;2*+2. The van der Waals surface area contributed by atoms with Gasteiger partial charge in [-0.3, -0.25) is 0 Å². The molecule has 0 spiro atoms. The van der Waals surface area contributed by atoms with Crippen LogP contribution in [0.5, 0.6) is 23.0 Å². The fourth-order valence-corrected chi connectivity index (χ4v) is 8.46. The van der Waals surface area contributed by atoms with E-state index in [1.54, 1.807) is 0 Å². The Bertz CT molecular complexity index is 3570. The summed E-state index contributed by atoms with van der Waals surface area (Å²) in [6.45, 7) is 0. The van der Waals surface area contributed by atoms with Crippen molar-refractivity contribution < 1.29 is 69.9 Å². The maximum absolute atomic E-state index is 6.56. The molecule has 6 heterocycles. The van der Waals surface area contributed by atoms with Crippen molar-refractivity contribution in [3.63, 3.8) is 0 Å². The van der Waals surface area contributed by atoms with Crippen LogP contribution in [0.15, 0.2) is 183 Å². The van der Waals surface area contributed by atoms with Crippen molar-refractivity contribution in [2.45, 2.75) is 0 Å². The van der Waals surface area contributed by atoms with Gasteiger partial charge in [-0.1, -0.05) is 125 Å². The molecule has 0 N–H and O–H groups in total. The van der Waals surface area contributed by atoms with Crippen LogP contribution in [0.1, 0.15) is 0 Å². The molecule has 2 aliphatic rings. The predicted octanol–water partition coefficient (Wildman–Crippen LogP) is 11.5. The molecule has 0 fully saturated rings. The Hall–Kier alpha value is -7.82. The van der Waals surface area contributed by atoms with Crippen molar-refractivity contribution in [3.05, 3.63) is 207 Å².